The number of nitro groups is 1. The summed E-state index contributed by atoms with van der Waals surface area (Å²) in [4.78, 5) is 28.5. The number of ether oxygens (including phenoxy) is 1. The van der Waals surface area contributed by atoms with Crippen LogP contribution in [0, 0.1) is 10.1 Å². The lowest BCUT2D eigenvalue weighted by molar-refractivity contribution is -0.386. The first-order valence-corrected chi connectivity index (χ1v) is 5.52. The fraction of sp³-hybridized carbons (Fsp3) is 0. The van der Waals surface area contributed by atoms with Crippen LogP contribution in [-0.4, -0.2) is 26.0 Å². The molecule has 0 radical (unpaired) electrons. The number of hydrogen-bond donors (Lipinski definition) is 1. The summed E-state index contributed by atoms with van der Waals surface area (Å²) in [6.07, 6.45) is 3.55. The monoisotopic (exact) mass is 295 g/mol. The van der Waals surface area contributed by atoms with E-state index >= 15 is 0 Å². The Kier molecular flexibility index (Phi) is 3.76. The first kappa shape index (κ1) is 13.7. The molecule has 0 spiro atoms. The van der Waals surface area contributed by atoms with Gasteiger partial charge < -0.3 is 9.84 Å². The molecule has 0 unspecified atom stereocenters. The van der Waals surface area contributed by atoms with Crippen molar-refractivity contribution < 1.29 is 19.6 Å². The van der Waals surface area contributed by atoms with E-state index in [1.807, 2.05) is 0 Å². The number of aromatic carboxylic acids is 1. The first-order chi connectivity index (χ1) is 9.49. The Balaban J connectivity index is 2.45. The fourth-order valence-electron chi connectivity index (χ4n) is 1.37. The van der Waals surface area contributed by atoms with Gasteiger partial charge in [-0.2, -0.15) is 0 Å². The normalized spacial score (nSPS) is 10.1. The van der Waals surface area contributed by atoms with Crippen LogP contribution in [0.1, 0.15) is 10.4 Å². The van der Waals surface area contributed by atoms with Crippen molar-refractivity contribution in [1.29, 1.82) is 0 Å². The molecule has 2 aromatic rings. The van der Waals surface area contributed by atoms with Gasteiger partial charge in [0.15, 0.2) is 5.75 Å². The van der Waals surface area contributed by atoms with Gasteiger partial charge in [0.1, 0.15) is 5.56 Å². The first-order valence-electron chi connectivity index (χ1n) is 5.14. The third-order valence-corrected chi connectivity index (χ3v) is 2.42. The molecule has 9 heteroatoms. The lowest BCUT2D eigenvalue weighted by Crippen LogP contribution is -2.02. The van der Waals surface area contributed by atoms with E-state index in [9.17, 15) is 14.9 Å². The van der Waals surface area contributed by atoms with E-state index in [4.69, 9.17) is 21.4 Å². The van der Waals surface area contributed by atoms with E-state index in [0.29, 0.717) is 0 Å². The topological polar surface area (TPSA) is 115 Å². The zero-order chi connectivity index (χ0) is 14.7. The number of pyridine rings is 2. The highest BCUT2D eigenvalue weighted by Crippen LogP contribution is 2.32. The highest BCUT2D eigenvalue weighted by molar-refractivity contribution is 6.30. The lowest BCUT2D eigenvalue weighted by atomic mass is 10.2. The van der Waals surface area contributed by atoms with Crippen LogP contribution in [0.4, 0.5) is 5.69 Å². The molecule has 0 saturated carbocycles. The highest BCUT2D eigenvalue weighted by atomic mass is 35.5. The molecule has 2 aromatic heterocycles. The molecular formula is C11H6ClN3O5. The molecule has 0 aliphatic carbocycles. The zero-order valence-electron chi connectivity index (χ0n) is 9.69. The minimum absolute atomic E-state index is 0.0636. The minimum Gasteiger partial charge on any atom is -0.478 e. The number of aromatic nitrogens is 2. The van der Waals surface area contributed by atoms with Gasteiger partial charge in [0.2, 0.25) is 0 Å². The second-order valence-corrected chi connectivity index (χ2v) is 3.95. The maximum absolute atomic E-state index is 11.0. The Hall–Kier alpha value is -2.74. The van der Waals surface area contributed by atoms with E-state index in [1.165, 1.54) is 12.3 Å². The molecule has 0 aromatic carbocycles. The van der Waals surface area contributed by atoms with Gasteiger partial charge in [0, 0.05) is 12.3 Å². The quantitative estimate of drug-likeness (QED) is 0.680. The molecule has 20 heavy (non-hydrogen) atoms. The summed E-state index contributed by atoms with van der Waals surface area (Å²) in [5.41, 5.74) is -0.663. The molecule has 0 aliphatic heterocycles. The summed E-state index contributed by atoms with van der Waals surface area (Å²) in [5, 5.41) is 19.9. The van der Waals surface area contributed by atoms with Gasteiger partial charge >= 0.3 is 11.7 Å². The van der Waals surface area contributed by atoms with Crippen molar-refractivity contribution in [1.82, 2.24) is 9.97 Å². The zero-order valence-corrected chi connectivity index (χ0v) is 10.4. The van der Waals surface area contributed by atoms with Gasteiger partial charge in [-0.15, -0.1) is 0 Å². The summed E-state index contributed by atoms with van der Waals surface area (Å²) < 4.78 is 5.16. The standard InChI is InChI=1S/C11H6ClN3O5/c12-6-3-8(15(18)19)10(14-4-6)20-9-5-13-2-1-7(9)11(16)17/h1-5H,(H,16,17). The number of hydrogen-bond acceptors (Lipinski definition) is 6. The van der Waals surface area contributed by atoms with Gasteiger partial charge in [-0.05, 0) is 6.07 Å². The molecule has 0 atom stereocenters. The van der Waals surface area contributed by atoms with Crippen LogP contribution in [0.2, 0.25) is 5.02 Å². The van der Waals surface area contributed by atoms with Crippen molar-refractivity contribution in [2.45, 2.75) is 0 Å². The van der Waals surface area contributed by atoms with Gasteiger partial charge in [0.05, 0.1) is 22.3 Å². The molecule has 0 bridgehead atoms. The predicted molar refractivity (Wildman–Crippen MR) is 67.2 cm³/mol. The highest BCUT2D eigenvalue weighted by Gasteiger charge is 2.21. The largest absolute Gasteiger partial charge is 0.478 e. The second-order valence-electron chi connectivity index (χ2n) is 3.51. The molecule has 0 saturated heterocycles. The molecule has 1 N–H and O–H groups in total. The Morgan fingerprint density at radius 1 is 1.45 bits per heavy atom. The van der Waals surface area contributed by atoms with E-state index < -0.39 is 16.6 Å². The van der Waals surface area contributed by atoms with Crippen LogP contribution < -0.4 is 4.74 Å². The Morgan fingerprint density at radius 2 is 2.20 bits per heavy atom. The van der Waals surface area contributed by atoms with E-state index in [0.717, 1.165) is 18.5 Å². The fourth-order valence-corrected chi connectivity index (χ4v) is 1.52. The van der Waals surface area contributed by atoms with E-state index in [-0.39, 0.29) is 22.2 Å². The number of nitrogens with zero attached hydrogens (tertiary/aromatic N) is 3. The average molecular weight is 296 g/mol. The van der Waals surface area contributed by atoms with Crippen LogP contribution >= 0.6 is 11.6 Å². The Labute approximate surface area is 116 Å². The van der Waals surface area contributed by atoms with Crippen LogP contribution in [0.3, 0.4) is 0 Å². The number of carbonyl (C=O) groups is 1. The molecule has 0 aliphatic rings. The molecule has 2 rings (SSSR count). The van der Waals surface area contributed by atoms with Gasteiger partial charge in [-0.25, -0.2) is 9.78 Å². The average Bonchev–Trinajstić information content (AvgIpc) is 2.41. The molecule has 0 amide bonds. The Morgan fingerprint density at radius 3 is 2.85 bits per heavy atom. The van der Waals surface area contributed by atoms with Crippen molar-refractivity contribution in [2.75, 3.05) is 0 Å². The van der Waals surface area contributed by atoms with Crippen LogP contribution in [0.15, 0.2) is 30.7 Å². The number of halogens is 1. The van der Waals surface area contributed by atoms with Crippen molar-refractivity contribution in [3.63, 3.8) is 0 Å². The maximum Gasteiger partial charge on any atom is 0.339 e. The van der Waals surface area contributed by atoms with E-state index in [1.54, 1.807) is 0 Å². The molecule has 2 heterocycles. The van der Waals surface area contributed by atoms with E-state index in [2.05, 4.69) is 9.97 Å². The Bertz CT molecular complexity index is 692. The predicted octanol–water partition coefficient (Wildman–Crippen LogP) is 2.53. The summed E-state index contributed by atoms with van der Waals surface area (Å²) in [6.45, 7) is 0. The maximum atomic E-state index is 11.0. The van der Waals surface area contributed by atoms with Crippen molar-refractivity contribution >= 4 is 23.3 Å². The van der Waals surface area contributed by atoms with Crippen molar-refractivity contribution in [3.8, 4) is 11.6 Å². The van der Waals surface area contributed by atoms with Gasteiger partial charge in [0.25, 0.3) is 5.88 Å². The number of rotatable bonds is 4. The molecule has 0 fully saturated rings. The summed E-state index contributed by atoms with van der Waals surface area (Å²) in [6, 6.07) is 2.26. The summed E-state index contributed by atoms with van der Waals surface area (Å²) >= 11 is 5.62. The van der Waals surface area contributed by atoms with Crippen molar-refractivity contribution in [2.24, 2.45) is 0 Å². The van der Waals surface area contributed by atoms with Crippen LogP contribution in [0.5, 0.6) is 11.6 Å². The summed E-state index contributed by atoms with van der Waals surface area (Å²) in [7, 11) is 0. The smallest absolute Gasteiger partial charge is 0.339 e. The van der Waals surface area contributed by atoms with Crippen LogP contribution in [0.25, 0.3) is 0 Å². The third kappa shape index (κ3) is 2.81. The van der Waals surface area contributed by atoms with Gasteiger partial charge in [-0.1, -0.05) is 11.6 Å². The SMILES string of the molecule is O=C(O)c1ccncc1Oc1ncc(Cl)cc1[N+](=O)[O-]. The number of carboxylic acids is 1. The second kappa shape index (κ2) is 5.49. The van der Waals surface area contributed by atoms with Gasteiger partial charge in [-0.3, -0.25) is 15.1 Å². The molecule has 102 valence electrons. The van der Waals surface area contributed by atoms with Crippen molar-refractivity contribution in [3.05, 3.63) is 51.4 Å². The van der Waals surface area contributed by atoms with Crippen LogP contribution in [-0.2, 0) is 0 Å². The molecular weight excluding hydrogens is 290 g/mol. The lowest BCUT2D eigenvalue weighted by Gasteiger charge is -2.07. The summed E-state index contributed by atoms with van der Waals surface area (Å²) in [5.74, 6) is -1.77. The minimum atomic E-state index is -1.25. The third-order valence-electron chi connectivity index (χ3n) is 2.22. The number of carboxylic acid groups (broad SMARTS) is 1. The molecule has 8 nitrogen and oxygen atoms in total.